The number of nitrogens with one attached hydrogen (secondary N) is 1. The number of sulfone groups is 1. The van der Waals surface area contributed by atoms with Crippen LogP contribution in [0.25, 0.3) is 0 Å². The largest absolute Gasteiger partial charge is 0.382 e. The van der Waals surface area contributed by atoms with E-state index in [2.05, 4.69) is 5.32 Å². The number of hydrogen-bond acceptors (Lipinski definition) is 4. The van der Waals surface area contributed by atoms with Gasteiger partial charge in [-0.25, -0.2) is 8.42 Å². The van der Waals surface area contributed by atoms with E-state index in [1.165, 1.54) is 6.26 Å². The third kappa shape index (κ3) is 2.54. The Kier molecular flexibility index (Phi) is 2.90. The molecule has 1 aromatic carbocycles. The first-order valence-corrected chi connectivity index (χ1v) is 7.16. The van der Waals surface area contributed by atoms with E-state index < -0.39 is 9.84 Å². The summed E-state index contributed by atoms with van der Waals surface area (Å²) in [4.78, 5) is 0.348. The lowest BCUT2D eigenvalue weighted by atomic mass is 9.87. The molecule has 1 aliphatic rings. The minimum absolute atomic E-state index is 0.288. The standard InChI is InChI=1S/C11H16N2O2S/c1-16(14,15)11-4-2-3-9(7-11)13-10-5-8(12)6-10/h2-4,7-8,10,13H,5-6,12H2,1H3. The zero-order chi connectivity index (χ0) is 11.8. The van der Waals surface area contributed by atoms with Crippen LogP contribution in [0.2, 0.25) is 0 Å². The Morgan fingerprint density at radius 3 is 2.62 bits per heavy atom. The molecule has 5 heteroatoms. The molecule has 0 radical (unpaired) electrons. The first kappa shape index (κ1) is 11.4. The molecular formula is C11H16N2O2S. The van der Waals surface area contributed by atoms with Gasteiger partial charge in [-0.3, -0.25) is 0 Å². The van der Waals surface area contributed by atoms with Gasteiger partial charge in [-0.15, -0.1) is 0 Å². The highest BCUT2D eigenvalue weighted by molar-refractivity contribution is 7.90. The van der Waals surface area contributed by atoms with E-state index in [4.69, 9.17) is 5.73 Å². The van der Waals surface area contributed by atoms with Gasteiger partial charge >= 0.3 is 0 Å². The van der Waals surface area contributed by atoms with Crippen LogP contribution in [0.1, 0.15) is 12.8 Å². The van der Waals surface area contributed by atoms with E-state index >= 15 is 0 Å². The van der Waals surface area contributed by atoms with Crippen molar-refractivity contribution in [1.82, 2.24) is 0 Å². The van der Waals surface area contributed by atoms with Crippen LogP contribution >= 0.6 is 0 Å². The molecule has 0 atom stereocenters. The fourth-order valence-electron chi connectivity index (χ4n) is 1.83. The van der Waals surface area contributed by atoms with Crippen LogP contribution in [0.5, 0.6) is 0 Å². The SMILES string of the molecule is CS(=O)(=O)c1cccc(NC2CC(N)C2)c1. The van der Waals surface area contributed by atoms with Crippen LogP contribution in [0, 0.1) is 0 Å². The summed E-state index contributed by atoms with van der Waals surface area (Å²) in [5.41, 5.74) is 6.53. The van der Waals surface area contributed by atoms with Crippen LogP contribution in [-0.2, 0) is 9.84 Å². The van der Waals surface area contributed by atoms with Gasteiger partial charge in [-0.05, 0) is 31.0 Å². The second-order valence-corrected chi connectivity index (χ2v) is 6.39. The van der Waals surface area contributed by atoms with E-state index in [0.717, 1.165) is 18.5 Å². The molecule has 0 saturated heterocycles. The molecule has 0 aliphatic heterocycles. The second kappa shape index (κ2) is 4.07. The molecule has 0 amide bonds. The third-order valence-electron chi connectivity index (χ3n) is 2.81. The van der Waals surface area contributed by atoms with Crippen LogP contribution in [0.4, 0.5) is 5.69 Å². The van der Waals surface area contributed by atoms with Crippen molar-refractivity contribution in [1.29, 1.82) is 0 Å². The summed E-state index contributed by atoms with van der Waals surface area (Å²) in [6, 6.07) is 7.56. The van der Waals surface area contributed by atoms with Crippen molar-refractivity contribution >= 4 is 15.5 Å². The molecule has 1 fully saturated rings. The molecule has 88 valence electrons. The molecule has 1 saturated carbocycles. The van der Waals surface area contributed by atoms with Crippen LogP contribution in [0.3, 0.4) is 0 Å². The molecular weight excluding hydrogens is 224 g/mol. The molecule has 16 heavy (non-hydrogen) atoms. The lowest BCUT2D eigenvalue weighted by Crippen LogP contribution is -2.44. The lowest BCUT2D eigenvalue weighted by Gasteiger charge is -2.33. The Morgan fingerprint density at radius 1 is 1.38 bits per heavy atom. The average Bonchev–Trinajstić information content (AvgIpc) is 2.14. The molecule has 0 aromatic heterocycles. The van der Waals surface area contributed by atoms with Crippen molar-refractivity contribution < 1.29 is 8.42 Å². The van der Waals surface area contributed by atoms with Gasteiger partial charge in [0.05, 0.1) is 4.90 Å². The monoisotopic (exact) mass is 240 g/mol. The highest BCUT2D eigenvalue weighted by Gasteiger charge is 2.25. The number of nitrogens with two attached hydrogens (primary N) is 1. The van der Waals surface area contributed by atoms with Gasteiger partial charge in [0, 0.05) is 24.0 Å². The third-order valence-corrected chi connectivity index (χ3v) is 3.92. The number of anilines is 1. The van der Waals surface area contributed by atoms with Gasteiger partial charge in [0.1, 0.15) is 0 Å². The molecule has 1 aromatic rings. The maximum Gasteiger partial charge on any atom is 0.175 e. The number of rotatable bonds is 3. The van der Waals surface area contributed by atoms with Gasteiger partial charge in [0.25, 0.3) is 0 Å². The fraction of sp³-hybridized carbons (Fsp3) is 0.455. The van der Waals surface area contributed by atoms with E-state index in [1.807, 2.05) is 6.07 Å². The first-order valence-electron chi connectivity index (χ1n) is 5.27. The Hall–Kier alpha value is -1.07. The maximum atomic E-state index is 11.4. The second-order valence-electron chi connectivity index (χ2n) is 4.37. The zero-order valence-electron chi connectivity index (χ0n) is 9.18. The minimum Gasteiger partial charge on any atom is -0.382 e. The highest BCUT2D eigenvalue weighted by atomic mass is 32.2. The van der Waals surface area contributed by atoms with Crippen molar-refractivity contribution in [3.05, 3.63) is 24.3 Å². The molecule has 3 N–H and O–H groups in total. The molecule has 0 spiro atoms. The normalized spacial score (nSPS) is 24.9. The van der Waals surface area contributed by atoms with Gasteiger partial charge in [-0.1, -0.05) is 6.07 Å². The molecule has 2 rings (SSSR count). The predicted octanol–water partition coefficient (Wildman–Crippen LogP) is 0.992. The van der Waals surface area contributed by atoms with Gasteiger partial charge in [0.2, 0.25) is 0 Å². The predicted molar refractivity (Wildman–Crippen MR) is 64.2 cm³/mol. The summed E-state index contributed by atoms with van der Waals surface area (Å²) in [6.45, 7) is 0. The summed E-state index contributed by atoms with van der Waals surface area (Å²) >= 11 is 0. The zero-order valence-corrected chi connectivity index (χ0v) is 10.00. The van der Waals surface area contributed by atoms with Crippen LogP contribution in [-0.4, -0.2) is 26.8 Å². The van der Waals surface area contributed by atoms with Crippen LogP contribution < -0.4 is 11.1 Å². The average molecular weight is 240 g/mol. The Morgan fingerprint density at radius 2 is 2.06 bits per heavy atom. The number of benzene rings is 1. The van der Waals surface area contributed by atoms with Gasteiger partial charge < -0.3 is 11.1 Å². The Labute approximate surface area is 95.8 Å². The summed E-state index contributed by atoms with van der Waals surface area (Å²) in [6.07, 6.45) is 3.11. The molecule has 0 unspecified atom stereocenters. The summed E-state index contributed by atoms with van der Waals surface area (Å²) in [5, 5.41) is 3.28. The van der Waals surface area contributed by atoms with Gasteiger partial charge in [-0.2, -0.15) is 0 Å². The number of hydrogen-bond donors (Lipinski definition) is 2. The quantitative estimate of drug-likeness (QED) is 0.826. The van der Waals surface area contributed by atoms with Gasteiger partial charge in [0.15, 0.2) is 9.84 Å². The van der Waals surface area contributed by atoms with Crippen molar-refractivity contribution in [2.75, 3.05) is 11.6 Å². The Bertz CT molecular complexity index is 479. The minimum atomic E-state index is -3.13. The molecule has 0 bridgehead atoms. The summed E-state index contributed by atoms with van der Waals surface area (Å²) < 4.78 is 22.7. The van der Waals surface area contributed by atoms with Crippen molar-refractivity contribution in [3.63, 3.8) is 0 Å². The molecule has 0 heterocycles. The van der Waals surface area contributed by atoms with E-state index in [9.17, 15) is 8.42 Å². The van der Waals surface area contributed by atoms with Crippen molar-refractivity contribution in [2.45, 2.75) is 29.8 Å². The first-order chi connectivity index (χ1) is 7.45. The highest BCUT2D eigenvalue weighted by Crippen LogP contribution is 2.23. The molecule has 4 nitrogen and oxygen atoms in total. The topological polar surface area (TPSA) is 72.2 Å². The van der Waals surface area contributed by atoms with Crippen molar-refractivity contribution in [2.24, 2.45) is 5.73 Å². The smallest absolute Gasteiger partial charge is 0.175 e. The molecule has 1 aliphatic carbocycles. The fourth-order valence-corrected chi connectivity index (χ4v) is 2.50. The van der Waals surface area contributed by atoms with E-state index in [0.29, 0.717) is 10.9 Å². The summed E-state index contributed by atoms with van der Waals surface area (Å²) in [7, 11) is -3.13. The summed E-state index contributed by atoms with van der Waals surface area (Å²) in [5.74, 6) is 0. The van der Waals surface area contributed by atoms with E-state index in [1.54, 1.807) is 18.2 Å². The van der Waals surface area contributed by atoms with Crippen LogP contribution in [0.15, 0.2) is 29.2 Å². The maximum absolute atomic E-state index is 11.4. The lowest BCUT2D eigenvalue weighted by molar-refractivity contribution is 0.373. The Balaban J connectivity index is 2.11. The van der Waals surface area contributed by atoms with Crippen molar-refractivity contribution in [3.8, 4) is 0 Å². The van der Waals surface area contributed by atoms with E-state index in [-0.39, 0.29) is 6.04 Å².